The number of rotatable bonds is 6. The first-order chi connectivity index (χ1) is 9.18. The third kappa shape index (κ3) is 3.77. The molecular formula is C15H23NO3. The van der Waals surface area contributed by atoms with Gasteiger partial charge in [-0.05, 0) is 31.4 Å². The summed E-state index contributed by atoms with van der Waals surface area (Å²) in [6, 6.07) is 3.01. The third-order valence-corrected chi connectivity index (χ3v) is 3.97. The average molecular weight is 265 g/mol. The van der Waals surface area contributed by atoms with Crippen LogP contribution in [0.3, 0.4) is 0 Å². The predicted octanol–water partition coefficient (Wildman–Crippen LogP) is 2.86. The number of hydrogen-bond donors (Lipinski definition) is 4. The second-order valence-electron chi connectivity index (χ2n) is 5.41. The summed E-state index contributed by atoms with van der Waals surface area (Å²) in [7, 11) is 0. The van der Waals surface area contributed by atoms with Gasteiger partial charge in [0.25, 0.3) is 0 Å². The summed E-state index contributed by atoms with van der Waals surface area (Å²) >= 11 is 0. The topological polar surface area (TPSA) is 72.7 Å². The largest absolute Gasteiger partial charge is 0.504 e. The molecule has 4 N–H and O–H groups in total. The van der Waals surface area contributed by atoms with Crippen molar-refractivity contribution in [1.29, 1.82) is 0 Å². The molecule has 0 aromatic heterocycles. The molecule has 106 valence electrons. The van der Waals surface area contributed by atoms with E-state index in [1.54, 1.807) is 6.07 Å². The SMILES string of the molecule is Oc1ccc(CNCCCC2CCCC2)c(O)c1O. The van der Waals surface area contributed by atoms with Gasteiger partial charge >= 0.3 is 0 Å². The van der Waals surface area contributed by atoms with E-state index in [0.29, 0.717) is 12.1 Å². The summed E-state index contributed by atoms with van der Waals surface area (Å²) in [4.78, 5) is 0. The van der Waals surface area contributed by atoms with Gasteiger partial charge in [-0.3, -0.25) is 0 Å². The minimum absolute atomic E-state index is 0.233. The number of nitrogens with one attached hydrogen (secondary N) is 1. The summed E-state index contributed by atoms with van der Waals surface area (Å²) in [5.74, 6) is -0.0519. The lowest BCUT2D eigenvalue weighted by molar-refractivity contribution is 0.364. The highest BCUT2D eigenvalue weighted by molar-refractivity contribution is 5.52. The Kier molecular flexibility index (Phi) is 4.91. The fraction of sp³-hybridized carbons (Fsp3) is 0.600. The molecular weight excluding hydrogens is 242 g/mol. The van der Waals surface area contributed by atoms with Crippen molar-refractivity contribution in [2.24, 2.45) is 5.92 Å². The fourth-order valence-electron chi connectivity index (χ4n) is 2.79. The Morgan fingerprint density at radius 3 is 2.53 bits per heavy atom. The van der Waals surface area contributed by atoms with E-state index in [1.807, 2.05) is 0 Å². The van der Waals surface area contributed by atoms with Crippen molar-refractivity contribution in [3.63, 3.8) is 0 Å². The first kappa shape index (κ1) is 14.0. The number of benzene rings is 1. The van der Waals surface area contributed by atoms with Gasteiger partial charge in [0, 0.05) is 12.1 Å². The van der Waals surface area contributed by atoms with Gasteiger partial charge in [0.15, 0.2) is 11.5 Å². The Labute approximate surface area is 114 Å². The van der Waals surface area contributed by atoms with E-state index in [9.17, 15) is 15.3 Å². The van der Waals surface area contributed by atoms with Crippen LogP contribution in [0.2, 0.25) is 0 Å². The molecule has 4 heteroatoms. The molecule has 19 heavy (non-hydrogen) atoms. The molecule has 0 unspecified atom stereocenters. The van der Waals surface area contributed by atoms with Gasteiger partial charge in [-0.1, -0.05) is 31.7 Å². The van der Waals surface area contributed by atoms with Gasteiger partial charge in [0.05, 0.1) is 0 Å². The average Bonchev–Trinajstić information content (AvgIpc) is 2.91. The zero-order chi connectivity index (χ0) is 13.7. The molecule has 0 radical (unpaired) electrons. The van der Waals surface area contributed by atoms with Crippen LogP contribution in [0, 0.1) is 5.92 Å². The highest BCUT2D eigenvalue weighted by Gasteiger charge is 2.14. The number of aromatic hydroxyl groups is 3. The van der Waals surface area contributed by atoms with Gasteiger partial charge in [-0.15, -0.1) is 0 Å². The molecule has 1 saturated carbocycles. The van der Waals surface area contributed by atoms with E-state index in [1.165, 1.54) is 38.2 Å². The van der Waals surface area contributed by atoms with Crippen LogP contribution in [0.15, 0.2) is 12.1 Å². The second-order valence-corrected chi connectivity index (χ2v) is 5.41. The Balaban J connectivity index is 1.69. The van der Waals surface area contributed by atoms with E-state index in [4.69, 9.17) is 0 Å². The molecule has 0 bridgehead atoms. The van der Waals surface area contributed by atoms with Crippen LogP contribution in [0.25, 0.3) is 0 Å². The molecule has 1 aromatic carbocycles. The summed E-state index contributed by atoms with van der Waals surface area (Å²) < 4.78 is 0. The van der Waals surface area contributed by atoms with Crippen LogP contribution in [-0.4, -0.2) is 21.9 Å². The zero-order valence-electron chi connectivity index (χ0n) is 11.2. The van der Waals surface area contributed by atoms with Crippen molar-refractivity contribution in [2.75, 3.05) is 6.54 Å². The maximum atomic E-state index is 9.66. The van der Waals surface area contributed by atoms with Crippen LogP contribution in [0.5, 0.6) is 17.2 Å². The first-order valence-corrected chi connectivity index (χ1v) is 7.12. The summed E-state index contributed by atoms with van der Waals surface area (Å²) in [6.07, 6.45) is 7.96. The smallest absolute Gasteiger partial charge is 0.200 e. The van der Waals surface area contributed by atoms with Crippen LogP contribution < -0.4 is 5.32 Å². The highest BCUT2D eigenvalue weighted by Crippen LogP contribution is 2.36. The van der Waals surface area contributed by atoms with Crippen LogP contribution in [0.1, 0.15) is 44.1 Å². The maximum absolute atomic E-state index is 9.66. The van der Waals surface area contributed by atoms with Crippen molar-refractivity contribution in [3.8, 4) is 17.2 Å². The Morgan fingerprint density at radius 1 is 1.05 bits per heavy atom. The molecule has 0 spiro atoms. The van der Waals surface area contributed by atoms with E-state index < -0.39 is 5.75 Å². The van der Waals surface area contributed by atoms with E-state index in [-0.39, 0.29) is 11.5 Å². The van der Waals surface area contributed by atoms with Crippen molar-refractivity contribution in [2.45, 2.75) is 45.1 Å². The number of phenols is 3. The molecule has 0 amide bonds. The normalized spacial score (nSPS) is 16.0. The first-order valence-electron chi connectivity index (χ1n) is 7.12. The van der Waals surface area contributed by atoms with Crippen molar-refractivity contribution in [1.82, 2.24) is 5.32 Å². The number of hydrogen-bond acceptors (Lipinski definition) is 4. The Bertz CT molecular complexity index is 414. The highest BCUT2D eigenvalue weighted by atomic mass is 16.3. The van der Waals surface area contributed by atoms with Gasteiger partial charge < -0.3 is 20.6 Å². The molecule has 1 aromatic rings. The lowest BCUT2D eigenvalue weighted by atomic mass is 10.0. The second kappa shape index (κ2) is 6.66. The Morgan fingerprint density at radius 2 is 1.79 bits per heavy atom. The van der Waals surface area contributed by atoms with Crippen LogP contribution in [0.4, 0.5) is 0 Å². The van der Waals surface area contributed by atoms with Crippen molar-refractivity contribution >= 4 is 0 Å². The monoisotopic (exact) mass is 265 g/mol. The predicted molar refractivity (Wildman–Crippen MR) is 74.3 cm³/mol. The molecule has 4 nitrogen and oxygen atoms in total. The van der Waals surface area contributed by atoms with E-state index in [2.05, 4.69) is 5.32 Å². The minimum atomic E-state index is -0.440. The van der Waals surface area contributed by atoms with Crippen molar-refractivity contribution < 1.29 is 15.3 Å². The number of phenolic OH excluding ortho intramolecular Hbond substituents is 3. The molecule has 0 aliphatic heterocycles. The van der Waals surface area contributed by atoms with Crippen LogP contribution >= 0.6 is 0 Å². The lowest BCUT2D eigenvalue weighted by Crippen LogP contribution is -2.15. The van der Waals surface area contributed by atoms with Gasteiger partial charge in [0.2, 0.25) is 5.75 Å². The van der Waals surface area contributed by atoms with Gasteiger partial charge in [-0.2, -0.15) is 0 Å². The molecule has 0 saturated heterocycles. The summed E-state index contributed by atoms with van der Waals surface area (Å²) in [5, 5.41) is 31.5. The van der Waals surface area contributed by atoms with Crippen molar-refractivity contribution in [3.05, 3.63) is 17.7 Å². The molecule has 0 heterocycles. The summed E-state index contributed by atoms with van der Waals surface area (Å²) in [6.45, 7) is 1.42. The molecule has 1 fully saturated rings. The Hall–Kier alpha value is -1.42. The molecule has 0 atom stereocenters. The van der Waals surface area contributed by atoms with E-state index >= 15 is 0 Å². The molecule has 1 aliphatic rings. The third-order valence-electron chi connectivity index (χ3n) is 3.97. The quantitative estimate of drug-likeness (QED) is 0.471. The van der Waals surface area contributed by atoms with Crippen LogP contribution in [-0.2, 0) is 6.54 Å². The zero-order valence-corrected chi connectivity index (χ0v) is 11.2. The molecule has 2 rings (SSSR count). The lowest BCUT2D eigenvalue weighted by Gasteiger charge is -2.11. The molecule has 1 aliphatic carbocycles. The minimum Gasteiger partial charge on any atom is -0.504 e. The summed E-state index contributed by atoms with van der Waals surface area (Å²) in [5.41, 5.74) is 0.608. The van der Waals surface area contributed by atoms with Gasteiger partial charge in [0.1, 0.15) is 0 Å². The maximum Gasteiger partial charge on any atom is 0.200 e. The van der Waals surface area contributed by atoms with Gasteiger partial charge in [-0.25, -0.2) is 0 Å². The standard InChI is InChI=1S/C15H23NO3/c17-13-8-7-12(14(18)15(13)19)10-16-9-3-6-11-4-1-2-5-11/h7-8,11,16-19H,1-6,9-10H2. The van der Waals surface area contributed by atoms with E-state index in [0.717, 1.165) is 18.9 Å². The fourth-order valence-corrected chi connectivity index (χ4v) is 2.79.